The van der Waals surface area contributed by atoms with Crippen LogP contribution in [-0.4, -0.2) is 69.3 Å². The Hall–Kier alpha value is -1.89. The zero-order valence-electron chi connectivity index (χ0n) is 16.9. The molecule has 7 heteroatoms. The maximum atomic E-state index is 13.1. The second kappa shape index (κ2) is 7.62. The lowest BCUT2D eigenvalue weighted by molar-refractivity contribution is -0.138. The van der Waals surface area contributed by atoms with E-state index in [1.165, 1.54) is 18.5 Å². The molecule has 3 rings (SSSR count). The summed E-state index contributed by atoms with van der Waals surface area (Å²) in [7, 11) is 1.85. The number of carbonyl (C=O) groups excluding carboxylic acids is 1. The molecule has 1 aliphatic carbocycles. The smallest absolute Gasteiger partial charge is 0.317 e. The van der Waals surface area contributed by atoms with Crippen molar-refractivity contribution in [2.75, 3.05) is 26.7 Å². The fourth-order valence-corrected chi connectivity index (χ4v) is 3.93. The SMILES string of the molecule is CN(CC(=O)O)C1CCCN(C(=O)c2cc(C3CC3)n(C(C)(C)C)n2)CC1. The van der Waals surface area contributed by atoms with Gasteiger partial charge in [-0.2, -0.15) is 5.10 Å². The summed E-state index contributed by atoms with van der Waals surface area (Å²) in [6.07, 6.45) is 4.95. The molecule has 0 radical (unpaired) electrons. The van der Waals surface area contributed by atoms with E-state index in [2.05, 4.69) is 25.9 Å². The summed E-state index contributed by atoms with van der Waals surface area (Å²) in [4.78, 5) is 27.8. The monoisotopic (exact) mass is 376 g/mol. The van der Waals surface area contributed by atoms with Gasteiger partial charge in [0.05, 0.1) is 12.1 Å². The molecule has 1 amide bonds. The molecule has 2 heterocycles. The molecule has 1 saturated carbocycles. The highest BCUT2D eigenvalue weighted by Gasteiger charge is 2.34. The summed E-state index contributed by atoms with van der Waals surface area (Å²) in [5.74, 6) is -0.270. The maximum absolute atomic E-state index is 13.1. The highest BCUT2D eigenvalue weighted by Crippen LogP contribution is 2.41. The molecule has 1 unspecified atom stereocenters. The van der Waals surface area contributed by atoms with E-state index in [0.29, 0.717) is 24.7 Å². The summed E-state index contributed by atoms with van der Waals surface area (Å²) >= 11 is 0. The van der Waals surface area contributed by atoms with Crippen molar-refractivity contribution in [2.24, 2.45) is 0 Å². The van der Waals surface area contributed by atoms with Crippen LogP contribution in [0.25, 0.3) is 0 Å². The van der Waals surface area contributed by atoms with E-state index >= 15 is 0 Å². The van der Waals surface area contributed by atoms with E-state index < -0.39 is 5.97 Å². The number of carboxylic acids is 1. The van der Waals surface area contributed by atoms with Crippen LogP contribution in [0.4, 0.5) is 0 Å². The molecule has 1 aliphatic heterocycles. The van der Waals surface area contributed by atoms with Crippen LogP contribution in [-0.2, 0) is 10.3 Å². The third-order valence-electron chi connectivity index (χ3n) is 5.58. The molecular weight excluding hydrogens is 344 g/mol. The van der Waals surface area contributed by atoms with Crippen LogP contribution in [0, 0.1) is 0 Å². The number of aromatic nitrogens is 2. The van der Waals surface area contributed by atoms with Gasteiger partial charge < -0.3 is 10.0 Å². The van der Waals surface area contributed by atoms with E-state index in [-0.39, 0.29) is 24.0 Å². The lowest BCUT2D eigenvalue weighted by Gasteiger charge is -2.25. The molecule has 1 atom stereocenters. The van der Waals surface area contributed by atoms with Crippen LogP contribution in [0.3, 0.4) is 0 Å². The fraction of sp³-hybridized carbons (Fsp3) is 0.750. The topological polar surface area (TPSA) is 78.7 Å². The lowest BCUT2D eigenvalue weighted by Crippen LogP contribution is -2.37. The summed E-state index contributed by atoms with van der Waals surface area (Å²) in [6.45, 7) is 7.75. The summed E-state index contributed by atoms with van der Waals surface area (Å²) in [5.41, 5.74) is 1.59. The number of aliphatic carboxylic acids is 1. The lowest BCUT2D eigenvalue weighted by atomic mass is 10.1. The number of carboxylic acid groups (broad SMARTS) is 1. The average Bonchev–Trinajstić information content (AvgIpc) is 3.35. The number of likely N-dealkylation sites (N-methyl/N-ethyl adjacent to an activating group) is 1. The minimum atomic E-state index is -0.810. The Balaban J connectivity index is 1.70. The first-order valence-corrected chi connectivity index (χ1v) is 9.98. The number of hydrogen-bond donors (Lipinski definition) is 1. The standard InChI is InChI=1S/C20H32N4O3/c1-20(2,3)24-17(14-7-8-14)12-16(21-24)19(27)23-10-5-6-15(9-11-23)22(4)13-18(25)26/h12,14-15H,5-11,13H2,1-4H3,(H,25,26). The summed E-state index contributed by atoms with van der Waals surface area (Å²) < 4.78 is 2.03. The Morgan fingerprint density at radius 1 is 1.22 bits per heavy atom. The van der Waals surface area contributed by atoms with Crippen molar-refractivity contribution < 1.29 is 14.7 Å². The summed E-state index contributed by atoms with van der Waals surface area (Å²) in [5, 5.41) is 13.7. The second-order valence-corrected chi connectivity index (χ2v) is 9.00. The van der Waals surface area contributed by atoms with Crippen molar-refractivity contribution in [3.63, 3.8) is 0 Å². The Morgan fingerprint density at radius 2 is 1.93 bits per heavy atom. The minimum absolute atomic E-state index is 0.00133. The Kier molecular flexibility index (Phi) is 5.60. The molecule has 0 bridgehead atoms. The molecular formula is C20H32N4O3. The highest BCUT2D eigenvalue weighted by molar-refractivity contribution is 5.92. The van der Waals surface area contributed by atoms with E-state index in [9.17, 15) is 9.59 Å². The van der Waals surface area contributed by atoms with Crippen molar-refractivity contribution in [1.29, 1.82) is 0 Å². The highest BCUT2D eigenvalue weighted by atomic mass is 16.4. The third kappa shape index (κ3) is 4.69. The largest absolute Gasteiger partial charge is 0.480 e. The van der Waals surface area contributed by atoms with E-state index in [1.54, 1.807) is 0 Å². The van der Waals surface area contributed by atoms with Crippen molar-refractivity contribution in [2.45, 2.75) is 70.4 Å². The number of likely N-dealkylation sites (tertiary alicyclic amines) is 1. The maximum Gasteiger partial charge on any atom is 0.317 e. The quantitative estimate of drug-likeness (QED) is 0.854. The van der Waals surface area contributed by atoms with E-state index in [0.717, 1.165) is 19.3 Å². The van der Waals surface area contributed by atoms with Crippen molar-refractivity contribution in [1.82, 2.24) is 19.6 Å². The number of carbonyl (C=O) groups is 2. The van der Waals surface area contributed by atoms with Gasteiger partial charge in [0.15, 0.2) is 5.69 Å². The average molecular weight is 377 g/mol. The molecule has 1 saturated heterocycles. The molecule has 1 aromatic rings. The van der Waals surface area contributed by atoms with Crippen LogP contribution < -0.4 is 0 Å². The van der Waals surface area contributed by atoms with Gasteiger partial charge >= 0.3 is 5.97 Å². The zero-order valence-corrected chi connectivity index (χ0v) is 16.9. The Labute approximate surface area is 161 Å². The Morgan fingerprint density at radius 3 is 2.52 bits per heavy atom. The molecule has 1 aromatic heterocycles. The van der Waals surface area contributed by atoms with Gasteiger partial charge in [0.2, 0.25) is 0 Å². The van der Waals surface area contributed by atoms with Gasteiger partial charge in [0.25, 0.3) is 5.91 Å². The van der Waals surface area contributed by atoms with Gasteiger partial charge in [-0.1, -0.05) is 0 Å². The first kappa shape index (κ1) is 19.9. The van der Waals surface area contributed by atoms with Crippen LogP contribution in [0.2, 0.25) is 0 Å². The van der Waals surface area contributed by atoms with Crippen LogP contribution in [0.1, 0.15) is 75.0 Å². The fourth-order valence-electron chi connectivity index (χ4n) is 3.93. The van der Waals surface area contributed by atoms with E-state index in [1.807, 2.05) is 27.6 Å². The molecule has 27 heavy (non-hydrogen) atoms. The van der Waals surface area contributed by atoms with Crippen molar-refractivity contribution in [3.8, 4) is 0 Å². The zero-order chi connectivity index (χ0) is 19.8. The molecule has 7 nitrogen and oxygen atoms in total. The van der Waals surface area contributed by atoms with Gasteiger partial charge in [-0.15, -0.1) is 0 Å². The number of amides is 1. The number of hydrogen-bond acceptors (Lipinski definition) is 4. The molecule has 1 N–H and O–H groups in total. The normalized spacial score (nSPS) is 21.4. The van der Waals surface area contributed by atoms with Crippen molar-refractivity contribution >= 4 is 11.9 Å². The van der Waals surface area contributed by atoms with Gasteiger partial charge in [0.1, 0.15) is 0 Å². The van der Waals surface area contributed by atoms with Crippen LogP contribution in [0.5, 0.6) is 0 Å². The summed E-state index contributed by atoms with van der Waals surface area (Å²) in [6, 6.07) is 2.19. The number of rotatable bonds is 5. The predicted molar refractivity (Wildman–Crippen MR) is 103 cm³/mol. The second-order valence-electron chi connectivity index (χ2n) is 9.00. The van der Waals surface area contributed by atoms with Crippen molar-refractivity contribution in [3.05, 3.63) is 17.5 Å². The predicted octanol–water partition coefficient (Wildman–Crippen LogP) is 2.53. The minimum Gasteiger partial charge on any atom is -0.480 e. The molecule has 2 fully saturated rings. The molecule has 0 aromatic carbocycles. The Bertz CT molecular complexity index is 703. The van der Waals surface area contributed by atoms with E-state index in [4.69, 9.17) is 5.11 Å². The van der Waals surface area contributed by atoms with Gasteiger partial charge in [-0.05, 0) is 66.0 Å². The number of nitrogens with zero attached hydrogens (tertiary/aromatic N) is 4. The molecule has 2 aliphatic rings. The first-order chi connectivity index (χ1) is 12.7. The third-order valence-corrected chi connectivity index (χ3v) is 5.58. The first-order valence-electron chi connectivity index (χ1n) is 9.98. The van der Waals surface area contributed by atoms with Gasteiger partial charge in [0, 0.05) is 30.7 Å². The molecule has 150 valence electrons. The molecule has 0 spiro atoms. The van der Waals surface area contributed by atoms with Crippen LogP contribution >= 0.6 is 0 Å². The van der Waals surface area contributed by atoms with Gasteiger partial charge in [-0.25, -0.2) is 0 Å². The van der Waals surface area contributed by atoms with Gasteiger partial charge in [-0.3, -0.25) is 19.2 Å². The van der Waals surface area contributed by atoms with Crippen LogP contribution in [0.15, 0.2) is 6.07 Å².